The van der Waals surface area contributed by atoms with Crippen LogP contribution in [-0.2, 0) is 33.3 Å². The van der Waals surface area contributed by atoms with Crippen molar-refractivity contribution < 1.29 is 38.1 Å². The average molecular weight is 377 g/mol. The molecular weight excluding hydrogens is 358 g/mol. The quantitative estimate of drug-likeness (QED) is 0.455. The largest absolute Gasteiger partial charge is 0.465 e. The van der Waals surface area contributed by atoms with Crippen LogP contribution in [0.15, 0.2) is 18.2 Å². The fourth-order valence-corrected chi connectivity index (χ4v) is 3.44. The standard InChI is InChI=1S/C18H19NO8/c1-4-25-16(22)18(17(23)26-5-2)12-15(21)27-13(18)10-7-6-9(14(20)24-3)8-11(10)19-12/h6-8,12-13,19H,4-5H2,1-3H3/t12-,13+/m1/s1. The third kappa shape index (κ3) is 2.61. The molecule has 0 saturated carbocycles. The van der Waals surface area contributed by atoms with Gasteiger partial charge in [-0.3, -0.25) is 9.59 Å². The Kier molecular flexibility index (Phi) is 4.77. The molecule has 9 heteroatoms. The van der Waals surface area contributed by atoms with Crippen molar-refractivity contribution in [2.75, 3.05) is 25.6 Å². The van der Waals surface area contributed by atoms with E-state index in [-0.39, 0.29) is 18.8 Å². The summed E-state index contributed by atoms with van der Waals surface area (Å²) in [6.07, 6.45) is -1.23. The maximum Gasteiger partial charge on any atom is 0.337 e. The van der Waals surface area contributed by atoms with Crippen molar-refractivity contribution in [1.29, 1.82) is 0 Å². The van der Waals surface area contributed by atoms with Crippen LogP contribution in [0, 0.1) is 5.41 Å². The van der Waals surface area contributed by atoms with E-state index < -0.39 is 41.4 Å². The van der Waals surface area contributed by atoms with Crippen LogP contribution < -0.4 is 5.32 Å². The Hall–Kier alpha value is -3.10. The number of esters is 4. The number of anilines is 1. The number of methoxy groups -OCH3 is 1. The van der Waals surface area contributed by atoms with E-state index in [1.165, 1.54) is 25.3 Å². The average Bonchev–Trinajstić information content (AvgIpc) is 2.86. The molecule has 1 aromatic carbocycles. The van der Waals surface area contributed by atoms with Crippen LogP contribution >= 0.6 is 0 Å². The van der Waals surface area contributed by atoms with E-state index in [4.69, 9.17) is 14.2 Å². The molecule has 0 unspecified atom stereocenters. The second-order valence-corrected chi connectivity index (χ2v) is 6.00. The van der Waals surface area contributed by atoms with Gasteiger partial charge in [0.05, 0.1) is 25.9 Å². The summed E-state index contributed by atoms with van der Waals surface area (Å²) >= 11 is 0. The lowest BCUT2D eigenvalue weighted by Crippen LogP contribution is -2.57. The van der Waals surface area contributed by atoms with Crippen molar-refractivity contribution in [3.05, 3.63) is 29.3 Å². The van der Waals surface area contributed by atoms with E-state index in [1.807, 2.05) is 0 Å². The van der Waals surface area contributed by atoms with Crippen LogP contribution in [0.4, 0.5) is 5.69 Å². The minimum atomic E-state index is -2.00. The van der Waals surface area contributed by atoms with Gasteiger partial charge in [0.25, 0.3) is 0 Å². The molecule has 1 aromatic rings. The number of benzene rings is 1. The van der Waals surface area contributed by atoms with Crippen LogP contribution in [0.1, 0.15) is 35.9 Å². The molecule has 27 heavy (non-hydrogen) atoms. The zero-order valence-electron chi connectivity index (χ0n) is 15.1. The first-order valence-electron chi connectivity index (χ1n) is 8.45. The summed E-state index contributed by atoms with van der Waals surface area (Å²) in [4.78, 5) is 49.8. The number of carbonyl (C=O) groups is 4. The lowest BCUT2D eigenvalue weighted by Gasteiger charge is -2.37. The van der Waals surface area contributed by atoms with E-state index in [2.05, 4.69) is 10.1 Å². The van der Waals surface area contributed by atoms with Gasteiger partial charge < -0.3 is 24.3 Å². The molecule has 1 fully saturated rings. The van der Waals surface area contributed by atoms with Gasteiger partial charge in [-0.25, -0.2) is 9.59 Å². The smallest absolute Gasteiger partial charge is 0.337 e. The van der Waals surface area contributed by atoms with Crippen LogP contribution in [0.25, 0.3) is 0 Å². The molecule has 0 aliphatic carbocycles. The topological polar surface area (TPSA) is 117 Å². The Balaban J connectivity index is 2.15. The number of nitrogens with one attached hydrogen (secondary N) is 1. The second kappa shape index (κ2) is 6.90. The maximum atomic E-state index is 12.8. The van der Waals surface area contributed by atoms with E-state index in [1.54, 1.807) is 13.8 Å². The first kappa shape index (κ1) is 18.7. The van der Waals surface area contributed by atoms with Gasteiger partial charge in [-0.15, -0.1) is 0 Å². The van der Waals surface area contributed by atoms with Crippen LogP contribution in [0.3, 0.4) is 0 Å². The monoisotopic (exact) mass is 377 g/mol. The lowest BCUT2D eigenvalue weighted by atomic mass is 9.71. The van der Waals surface area contributed by atoms with Crippen molar-refractivity contribution in [3.8, 4) is 0 Å². The molecule has 0 radical (unpaired) electrons. The number of ether oxygens (including phenoxy) is 4. The van der Waals surface area contributed by atoms with Crippen molar-refractivity contribution >= 4 is 29.6 Å². The third-order valence-corrected chi connectivity index (χ3v) is 4.62. The highest BCUT2D eigenvalue weighted by atomic mass is 16.6. The Bertz CT molecular complexity index is 800. The first-order chi connectivity index (χ1) is 12.9. The Morgan fingerprint density at radius 3 is 2.33 bits per heavy atom. The van der Waals surface area contributed by atoms with Crippen molar-refractivity contribution in [2.24, 2.45) is 5.41 Å². The number of fused-ring (bicyclic) bond motifs is 4. The van der Waals surface area contributed by atoms with E-state index in [9.17, 15) is 19.2 Å². The third-order valence-electron chi connectivity index (χ3n) is 4.62. The summed E-state index contributed by atoms with van der Waals surface area (Å²) in [6, 6.07) is 3.10. The van der Waals surface area contributed by atoms with Gasteiger partial charge in [0, 0.05) is 11.3 Å². The van der Waals surface area contributed by atoms with Crippen LogP contribution in [0.5, 0.6) is 0 Å². The number of hydrogen-bond donors (Lipinski definition) is 1. The van der Waals surface area contributed by atoms with Gasteiger partial charge in [-0.2, -0.15) is 0 Å². The summed E-state index contributed by atoms with van der Waals surface area (Å²) < 4.78 is 20.2. The second-order valence-electron chi connectivity index (χ2n) is 6.00. The molecule has 2 aliphatic heterocycles. The Morgan fingerprint density at radius 2 is 1.78 bits per heavy atom. The van der Waals surface area contributed by atoms with Gasteiger partial charge in [0.2, 0.25) is 5.41 Å². The first-order valence-corrected chi connectivity index (χ1v) is 8.45. The molecule has 2 aliphatic rings. The van der Waals surface area contributed by atoms with Crippen LogP contribution in [0.2, 0.25) is 0 Å². The van der Waals surface area contributed by atoms with Crippen molar-refractivity contribution in [2.45, 2.75) is 26.0 Å². The Labute approximate surface area is 154 Å². The molecule has 1 N–H and O–H groups in total. The summed E-state index contributed by atoms with van der Waals surface area (Å²) in [5.74, 6) is -3.15. The number of carbonyl (C=O) groups excluding carboxylic acids is 4. The normalized spacial score (nSPS) is 21.4. The van der Waals surface area contributed by atoms with E-state index >= 15 is 0 Å². The summed E-state index contributed by atoms with van der Waals surface area (Å²) in [5.41, 5.74) is -0.993. The fraction of sp³-hybridized carbons (Fsp3) is 0.444. The van der Waals surface area contributed by atoms with Gasteiger partial charge in [-0.05, 0) is 26.0 Å². The number of hydrogen-bond acceptors (Lipinski definition) is 9. The maximum absolute atomic E-state index is 12.8. The van der Waals surface area contributed by atoms with Gasteiger partial charge in [-0.1, -0.05) is 6.07 Å². The van der Waals surface area contributed by atoms with Gasteiger partial charge >= 0.3 is 23.9 Å². The molecule has 0 spiro atoms. The molecule has 9 nitrogen and oxygen atoms in total. The van der Waals surface area contributed by atoms with Crippen LogP contribution in [-0.4, -0.2) is 50.2 Å². The summed E-state index contributed by atoms with van der Waals surface area (Å²) in [6.45, 7) is 3.21. The lowest BCUT2D eigenvalue weighted by molar-refractivity contribution is -0.177. The van der Waals surface area contributed by atoms with Gasteiger partial charge in [0.1, 0.15) is 0 Å². The molecule has 0 aromatic heterocycles. The molecule has 2 bridgehead atoms. The predicted molar refractivity (Wildman–Crippen MR) is 89.7 cm³/mol. The van der Waals surface area contributed by atoms with Crippen molar-refractivity contribution in [1.82, 2.24) is 0 Å². The highest BCUT2D eigenvalue weighted by Crippen LogP contribution is 2.54. The summed E-state index contributed by atoms with van der Waals surface area (Å²) in [5, 5.41) is 2.84. The zero-order valence-corrected chi connectivity index (χ0v) is 15.1. The molecule has 1 saturated heterocycles. The zero-order chi connectivity index (χ0) is 19.8. The molecular formula is C18H19NO8. The molecule has 2 atom stereocenters. The predicted octanol–water partition coefficient (Wildman–Crippen LogP) is 0.978. The number of rotatable bonds is 5. The minimum absolute atomic E-state index is 0.0156. The fourth-order valence-electron chi connectivity index (χ4n) is 3.44. The molecule has 144 valence electrons. The molecule has 2 heterocycles. The highest BCUT2D eigenvalue weighted by Gasteiger charge is 2.72. The Morgan fingerprint density at radius 1 is 1.15 bits per heavy atom. The molecule has 0 amide bonds. The summed E-state index contributed by atoms with van der Waals surface area (Å²) in [7, 11) is 1.25. The van der Waals surface area contributed by atoms with Gasteiger partial charge in [0.15, 0.2) is 12.1 Å². The van der Waals surface area contributed by atoms with E-state index in [0.29, 0.717) is 11.3 Å². The molecule has 3 rings (SSSR count). The van der Waals surface area contributed by atoms with E-state index in [0.717, 1.165) is 0 Å². The minimum Gasteiger partial charge on any atom is -0.465 e. The SMILES string of the molecule is CCOC(=O)C1(C(=O)OCC)[C@@H]2Nc3cc(C(=O)OC)ccc3[C@@H]1OC2=O. The van der Waals surface area contributed by atoms with Crippen molar-refractivity contribution in [3.63, 3.8) is 0 Å². The highest BCUT2D eigenvalue weighted by molar-refractivity contribution is 6.10.